The fraction of sp³-hybridized carbons (Fsp3) is 0.500. The van der Waals surface area contributed by atoms with Crippen LogP contribution in [0, 0.1) is 5.82 Å². The van der Waals surface area contributed by atoms with Crippen LogP contribution in [0.2, 0.25) is 0 Å². The van der Waals surface area contributed by atoms with Crippen LogP contribution < -0.4 is 5.32 Å². The van der Waals surface area contributed by atoms with Gasteiger partial charge in [0.1, 0.15) is 5.82 Å². The van der Waals surface area contributed by atoms with Crippen molar-refractivity contribution in [1.82, 2.24) is 5.32 Å². The molecule has 0 saturated heterocycles. The lowest BCUT2D eigenvalue weighted by atomic mass is 10.2. The summed E-state index contributed by atoms with van der Waals surface area (Å²) in [5, 5.41) is 3.26. The van der Waals surface area contributed by atoms with E-state index in [1.165, 1.54) is 6.07 Å². The summed E-state index contributed by atoms with van der Waals surface area (Å²) in [6.07, 6.45) is 0.974. The molecule has 15 heavy (non-hydrogen) atoms. The standard InChI is InChI=1S/C12H18FNO/c1-3-11(9-15-2)14-8-10-6-4-5-7-12(10)13/h4-7,11,14H,3,8-9H2,1-2H3/t11-/m1/s1. The third-order valence-electron chi connectivity index (χ3n) is 2.40. The first-order chi connectivity index (χ1) is 7.27. The van der Waals surface area contributed by atoms with Crippen molar-refractivity contribution < 1.29 is 9.13 Å². The summed E-state index contributed by atoms with van der Waals surface area (Å²) >= 11 is 0. The van der Waals surface area contributed by atoms with E-state index in [2.05, 4.69) is 12.2 Å². The molecule has 0 spiro atoms. The van der Waals surface area contributed by atoms with E-state index < -0.39 is 0 Å². The zero-order valence-corrected chi connectivity index (χ0v) is 9.29. The minimum atomic E-state index is -0.155. The maximum atomic E-state index is 13.3. The van der Waals surface area contributed by atoms with Gasteiger partial charge in [0, 0.05) is 25.3 Å². The number of nitrogens with one attached hydrogen (secondary N) is 1. The molecule has 1 aromatic rings. The summed E-state index contributed by atoms with van der Waals surface area (Å²) in [5.41, 5.74) is 0.701. The highest BCUT2D eigenvalue weighted by atomic mass is 19.1. The van der Waals surface area contributed by atoms with Crippen molar-refractivity contribution in [3.8, 4) is 0 Å². The molecule has 0 heterocycles. The molecule has 0 aliphatic carbocycles. The van der Waals surface area contributed by atoms with Crippen LogP contribution in [-0.4, -0.2) is 19.8 Å². The van der Waals surface area contributed by atoms with E-state index in [1.807, 2.05) is 6.07 Å². The fourth-order valence-electron chi connectivity index (χ4n) is 1.42. The molecular formula is C12H18FNO. The van der Waals surface area contributed by atoms with Gasteiger partial charge in [-0.15, -0.1) is 0 Å². The largest absolute Gasteiger partial charge is 0.383 e. The average Bonchev–Trinajstić information content (AvgIpc) is 2.26. The summed E-state index contributed by atoms with van der Waals surface area (Å²) in [6.45, 7) is 3.29. The quantitative estimate of drug-likeness (QED) is 0.779. The number of ether oxygens (including phenoxy) is 1. The van der Waals surface area contributed by atoms with E-state index >= 15 is 0 Å². The number of hydrogen-bond donors (Lipinski definition) is 1. The van der Waals surface area contributed by atoms with Crippen LogP contribution in [0.15, 0.2) is 24.3 Å². The van der Waals surface area contributed by atoms with Crippen molar-refractivity contribution >= 4 is 0 Å². The average molecular weight is 211 g/mol. The second kappa shape index (κ2) is 6.53. The van der Waals surface area contributed by atoms with Crippen molar-refractivity contribution in [2.45, 2.75) is 25.9 Å². The molecular weight excluding hydrogens is 193 g/mol. The van der Waals surface area contributed by atoms with Gasteiger partial charge in [-0.2, -0.15) is 0 Å². The Hall–Kier alpha value is -0.930. The van der Waals surface area contributed by atoms with Crippen LogP contribution in [-0.2, 0) is 11.3 Å². The molecule has 1 aromatic carbocycles. The highest BCUT2D eigenvalue weighted by Crippen LogP contribution is 2.06. The molecule has 0 bridgehead atoms. The number of rotatable bonds is 6. The van der Waals surface area contributed by atoms with Crippen LogP contribution in [0.1, 0.15) is 18.9 Å². The van der Waals surface area contributed by atoms with Gasteiger partial charge in [-0.25, -0.2) is 4.39 Å². The van der Waals surface area contributed by atoms with E-state index in [0.29, 0.717) is 18.7 Å². The molecule has 0 saturated carbocycles. The molecule has 0 aromatic heterocycles. The SMILES string of the molecule is CC[C@H](COC)NCc1ccccc1F. The molecule has 1 rings (SSSR count). The molecule has 0 unspecified atom stereocenters. The lowest BCUT2D eigenvalue weighted by molar-refractivity contribution is 0.163. The van der Waals surface area contributed by atoms with Gasteiger partial charge in [0.05, 0.1) is 6.61 Å². The second-order valence-corrected chi connectivity index (χ2v) is 3.53. The van der Waals surface area contributed by atoms with Crippen LogP contribution in [0.5, 0.6) is 0 Å². The predicted octanol–water partition coefficient (Wildman–Crippen LogP) is 2.34. The molecule has 0 radical (unpaired) electrons. The summed E-state index contributed by atoms with van der Waals surface area (Å²) in [5.74, 6) is -0.155. The molecule has 0 amide bonds. The Morgan fingerprint density at radius 3 is 2.73 bits per heavy atom. The Morgan fingerprint density at radius 1 is 1.40 bits per heavy atom. The first-order valence-electron chi connectivity index (χ1n) is 5.23. The normalized spacial score (nSPS) is 12.7. The third-order valence-corrected chi connectivity index (χ3v) is 2.40. The first kappa shape index (κ1) is 12.1. The zero-order chi connectivity index (χ0) is 11.1. The summed E-state index contributed by atoms with van der Waals surface area (Å²) < 4.78 is 18.3. The van der Waals surface area contributed by atoms with Gasteiger partial charge >= 0.3 is 0 Å². The van der Waals surface area contributed by atoms with E-state index in [0.717, 1.165) is 6.42 Å². The molecule has 1 atom stereocenters. The second-order valence-electron chi connectivity index (χ2n) is 3.53. The number of methoxy groups -OCH3 is 1. The molecule has 3 heteroatoms. The third kappa shape index (κ3) is 3.98. The number of benzene rings is 1. The van der Waals surface area contributed by atoms with Crippen molar-refractivity contribution in [2.75, 3.05) is 13.7 Å². The Labute approximate surface area is 90.4 Å². The van der Waals surface area contributed by atoms with Crippen LogP contribution in [0.3, 0.4) is 0 Å². The van der Waals surface area contributed by atoms with Gasteiger partial charge in [-0.05, 0) is 12.5 Å². The molecule has 2 nitrogen and oxygen atoms in total. The van der Waals surface area contributed by atoms with Gasteiger partial charge in [0.15, 0.2) is 0 Å². The van der Waals surface area contributed by atoms with Crippen molar-refractivity contribution in [2.24, 2.45) is 0 Å². The summed E-state index contributed by atoms with van der Waals surface area (Å²) in [6, 6.07) is 7.10. The van der Waals surface area contributed by atoms with Crippen molar-refractivity contribution in [3.63, 3.8) is 0 Å². The lowest BCUT2D eigenvalue weighted by Crippen LogP contribution is -2.32. The number of halogens is 1. The van der Waals surface area contributed by atoms with Gasteiger partial charge in [0.25, 0.3) is 0 Å². The molecule has 0 aliphatic heterocycles. The van der Waals surface area contributed by atoms with Gasteiger partial charge in [-0.1, -0.05) is 25.1 Å². The highest BCUT2D eigenvalue weighted by Gasteiger charge is 2.06. The first-order valence-corrected chi connectivity index (χ1v) is 5.23. The minimum Gasteiger partial charge on any atom is -0.383 e. The minimum absolute atomic E-state index is 0.155. The monoisotopic (exact) mass is 211 g/mol. The maximum absolute atomic E-state index is 13.3. The van der Waals surface area contributed by atoms with Crippen molar-refractivity contribution in [1.29, 1.82) is 0 Å². The lowest BCUT2D eigenvalue weighted by Gasteiger charge is -2.15. The zero-order valence-electron chi connectivity index (χ0n) is 9.29. The topological polar surface area (TPSA) is 21.3 Å². The smallest absolute Gasteiger partial charge is 0.127 e. The van der Waals surface area contributed by atoms with Crippen molar-refractivity contribution in [3.05, 3.63) is 35.6 Å². The Kier molecular flexibility index (Phi) is 5.29. The Morgan fingerprint density at radius 2 is 2.13 bits per heavy atom. The molecule has 0 fully saturated rings. The maximum Gasteiger partial charge on any atom is 0.127 e. The molecule has 1 N–H and O–H groups in total. The van der Waals surface area contributed by atoms with Crippen LogP contribution in [0.25, 0.3) is 0 Å². The van der Waals surface area contributed by atoms with Gasteiger partial charge < -0.3 is 10.1 Å². The number of hydrogen-bond acceptors (Lipinski definition) is 2. The van der Waals surface area contributed by atoms with E-state index in [9.17, 15) is 4.39 Å². The predicted molar refractivity (Wildman–Crippen MR) is 59.2 cm³/mol. The van der Waals surface area contributed by atoms with E-state index in [1.54, 1.807) is 19.2 Å². The fourth-order valence-corrected chi connectivity index (χ4v) is 1.42. The Balaban J connectivity index is 2.45. The highest BCUT2D eigenvalue weighted by molar-refractivity contribution is 5.16. The Bertz CT molecular complexity index is 291. The molecule has 84 valence electrons. The van der Waals surface area contributed by atoms with Crippen LogP contribution >= 0.6 is 0 Å². The summed E-state index contributed by atoms with van der Waals surface area (Å²) in [7, 11) is 1.67. The van der Waals surface area contributed by atoms with Crippen LogP contribution in [0.4, 0.5) is 4.39 Å². The summed E-state index contributed by atoms with van der Waals surface area (Å²) in [4.78, 5) is 0. The van der Waals surface area contributed by atoms with Gasteiger partial charge in [0.2, 0.25) is 0 Å². The van der Waals surface area contributed by atoms with Gasteiger partial charge in [-0.3, -0.25) is 0 Å². The van der Waals surface area contributed by atoms with E-state index in [4.69, 9.17) is 4.74 Å². The molecule has 0 aliphatic rings. The van der Waals surface area contributed by atoms with E-state index in [-0.39, 0.29) is 11.9 Å².